The third-order valence-corrected chi connectivity index (χ3v) is 6.24. The van der Waals surface area contributed by atoms with Gasteiger partial charge in [0.05, 0.1) is 6.54 Å². The first-order valence-electron chi connectivity index (χ1n) is 10.7. The fraction of sp³-hybridized carbons (Fsp3) is 0.650. The van der Waals surface area contributed by atoms with E-state index in [1.807, 2.05) is 29.7 Å². The van der Waals surface area contributed by atoms with E-state index < -0.39 is 18.3 Å². The van der Waals surface area contributed by atoms with E-state index in [0.29, 0.717) is 24.8 Å². The summed E-state index contributed by atoms with van der Waals surface area (Å²) in [6.07, 6.45) is 1.98. The topological polar surface area (TPSA) is 65.3 Å². The molecule has 8 nitrogen and oxygen atoms in total. The Kier molecular flexibility index (Phi) is 4.95. The minimum atomic E-state index is -2.85. The first kappa shape index (κ1) is 20.3. The van der Waals surface area contributed by atoms with Crippen LogP contribution in [0.15, 0.2) is 6.07 Å². The Morgan fingerprint density at radius 3 is 2.29 bits per heavy atom. The van der Waals surface area contributed by atoms with Crippen LogP contribution >= 0.6 is 0 Å². The van der Waals surface area contributed by atoms with E-state index in [1.165, 1.54) is 4.90 Å². The number of hydrogen-bond donors (Lipinski definition) is 1. The fourth-order valence-corrected chi connectivity index (χ4v) is 4.25. The quantitative estimate of drug-likeness (QED) is 0.773. The van der Waals surface area contributed by atoms with Gasteiger partial charge in [0, 0.05) is 63.9 Å². The highest BCUT2D eigenvalue weighted by atomic mass is 19.3. The molecule has 2 aliphatic heterocycles. The van der Waals surface area contributed by atoms with Crippen LogP contribution in [-0.4, -0.2) is 76.9 Å². The molecule has 5 rings (SSSR count). The van der Waals surface area contributed by atoms with Crippen molar-refractivity contribution < 1.29 is 13.2 Å². The number of nitrogens with zero attached hydrogens (tertiary/aromatic N) is 7. The summed E-state index contributed by atoms with van der Waals surface area (Å²) in [6, 6.07) is 1.95. The van der Waals surface area contributed by atoms with Gasteiger partial charge in [-0.2, -0.15) is 19.5 Å². The Morgan fingerprint density at radius 2 is 1.68 bits per heavy atom. The number of aryl methyl sites for hydroxylation is 1. The van der Waals surface area contributed by atoms with Gasteiger partial charge >= 0.3 is 0 Å². The molecular weight excluding hydrogens is 409 g/mol. The zero-order valence-corrected chi connectivity index (χ0v) is 17.8. The number of nitrogens with one attached hydrogen (secondary N) is 1. The second kappa shape index (κ2) is 7.54. The van der Waals surface area contributed by atoms with Gasteiger partial charge in [0.1, 0.15) is 0 Å². The molecule has 0 atom stereocenters. The van der Waals surface area contributed by atoms with E-state index in [2.05, 4.69) is 25.3 Å². The Bertz CT molecular complexity index is 966. The molecule has 11 heteroatoms. The lowest BCUT2D eigenvalue weighted by atomic mass is 10.3. The van der Waals surface area contributed by atoms with Crippen molar-refractivity contribution in [1.29, 1.82) is 0 Å². The molecule has 2 saturated heterocycles. The number of anilines is 4. The molecule has 168 valence electrons. The van der Waals surface area contributed by atoms with Crippen LogP contribution in [0.1, 0.15) is 30.9 Å². The van der Waals surface area contributed by atoms with Crippen molar-refractivity contribution in [2.24, 2.45) is 7.05 Å². The number of rotatable bonds is 5. The number of halogens is 3. The largest absolute Gasteiger partial charge is 0.351 e. The summed E-state index contributed by atoms with van der Waals surface area (Å²) in [6.45, 7) is 2.27. The van der Waals surface area contributed by atoms with Crippen LogP contribution in [0.25, 0.3) is 0 Å². The zero-order chi connectivity index (χ0) is 21.8. The maximum absolute atomic E-state index is 15.4. The van der Waals surface area contributed by atoms with Crippen molar-refractivity contribution in [3.8, 4) is 0 Å². The maximum Gasteiger partial charge on any atom is 0.266 e. The maximum atomic E-state index is 15.4. The molecule has 0 radical (unpaired) electrons. The minimum Gasteiger partial charge on any atom is -0.351 e. The van der Waals surface area contributed by atoms with Crippen molar-refractivity contribution >= 4 is 23.4 Å². The second-order valence-corrected chi connectivity index (χ2v) is 8.80. The smallest absolute Gasteiger partial charge is 0.266 e. The second-order valence-electron chi connectivity index (χ2n) is 8.80. The summed E-state index contributed by atoms with van der Waals surface area (Å²) in [7, 11) is 3.90. The van der Waals surface area contributed by atoms with Gasteiger partial charge < -0.3 is 20.0 Å². The number of piperazine rings is 1. The van der Waals surface area contributed by atoms with Gasteiger partial charge in [0.25, 0.3) is 5.92 Å². The summed E-state index contributed by atoms with van der Waals surface area (Å²) in [5.74, 6) is -2.17. The molecule has 3 fully saturated rings. The Balaban J connectivity index is 1.48. The van der Waals surface area contributed by atoms with Gasteiger partial charge in [-0.25, -0.2) is 8.78 Å². The highest BCUT2D eigenvalue weighted by Gasteiger charge is 2.40. The summed E-state index contributed by atoms with van der Waals surface area (Å²) in [4.78, 5) is 14.1. The van der Waals surface area contributed by atoms with Crippen molar-refractivity contribution in [3.05, 3.63) is 17.6 Å². The predicted octanol–water partition coefficient (Wildman–Crippen LogP) is 2.57. The van der Waals surface area contributed by atoms with Crippen LogP contribution in [0.3, 0.4) is 0 Å². The molecule has 4 heterocycles. The highest BCUT2D eigenvalue weighted by Crippen LogP contribution is 2.41. The van der Waals surface area contributed by atoms with E-state index in [9.17, 15) is 8.78 Å². The summed E-state index contributed by atoms with van der Waals surface area (Å²) < 4.78 is 44.9. The van der Waals surface area contributed by atoms with Crippen molar-refractivity contribution in [2.45, 2.75) is 31.1 Å². The first-order chi connectivity index (χ1) is 14.8. The molecule has 3 aliphatic rings. The molecule has 31 heavy (non-hydrogen) atoms. The first-order valence-corrected chi connectivity index (χ1v) is 10.7. The Hall–Kier alpha value is -2.56. The molecule has 0 bridgehead atoms. The lowest BCUT2D eigenvalue weighted by Gasteiger charge is -2.34. The zero-order valence-electron chi connectivity index (χ0n) is 17.8. The molecule has 0 aromatic carbocycles. The van der Waals surface area contributed by atoms with Crippen molar-refractivity contribution in [3.63, 3.8) is 0 Å². The number of hydrogen-bond acceptors (Lipinski definition) is 7. The van der Waals surface area contributed by atoms with Crippen LogP contribution in [0.5, 0.6) is 0 Å². The summed E-state index contributed by atoms with van der Waals surface area (Å²) >= 11 is 0. The third-order valence-electron chi connectivity index (χ3n) is 6.24. The molecule has 1 aliphatic carbocycles. The van der Waals surface area contributed by atoms with E-state index in [1.54, 1.807) is 0 Å². The summed E-state index contributed by atoms with van der Waals surface area (Å²) in [5.41, 5.74) is 1.13. The van der Waals surface area contributed by atoms with Crippen molar-refractivity contribution in [2.75, 3.05) is 61.4 Å². The molecule has 1 saturated carbocycles. The Labute approximate surface area is 179 Å². The van der Waals surface area contributed by atoms with Gasteiger partial charge in [-0.3, -0.25) is 4.68 Å². The fourth-order valence-electron chi connectivity index (χ4n) is 4.25. The summed E-state index contributed by atoms with van der Waals surface area (Å²) in [5, 5.41) is 7.55. The lowest BCUT2D eigenvalue weighted by molar-refractivity contribution is 0.0256. The number of aromatic nitrogens is 4. The van der Waals surface area contributed by atoms with E-state index in [-0.39, 0.29) is 30.5 Å². The third kappa shape index (κ3) is 4.15. The number of likely N-dealkylation sites (N-methyl/N-ethyl adjacent to an activating group) is 1. The van der Waals surface area contributed by atoms with Crippen LogP contribution < -0.4 is 15.1 Å². The minimum absolute atomic E-state index is 0.0535. The number of alkyl halides is 2. The predicted molar refractivity (Wildman–Crippen MR) is 112 cm³/mol. The van der Waals surface area contributed by atoms with E-state index in [4.69, 9.17) is 0 Å². The average Bonchev–Trinajstić information content (AvgIpc) is 3.41. The van der Waals surface area contributed by atoms with Gasteiger partial charge in [-0.1, -0.05) is 0 Å². The van der Waals surface area contributed by atoms with Crippen LogP contribution in [-0.2, 0) is 7.05 Å². The van der Waals surface area contributed by atoms with Gasteiger partial charge in [0.15, 0.2) is 17.5 Å². The average molecular weight is 436 g/mol. The monoisotopic (exact) mass is 436 g/mol. The Morgan fingerprint density at radius 1 is 1.00 bits per heavy atom. The molecule has 2 aromatic heterocycles. The lowest BCUT2D eigenvalue weighted by Crippen LogP contribution is -2.45. The molecule has 0 amide bonds. The normalized spacial score (nSPS) is 21.7. The van der Waals surface area contributed by atoms with Crippen LogP contribution in [0.4, 0.5) is 36.6 Å². The molecular formula is C20H27F3N8. The van der Waals surface area contributed by atoms with E-state index >= 15 is 4.39 Å². The molecule has 1 N–H and O–H groups in total. The van der Waals surface area contributed by atoms with Gasteiger partial charge in [-0.05, 0) is 19.9 Å². The molecule has 0 unspecified atom stereocenters. The molecule has 2 aromatic rings. The highest BCUT2D eigenvalue weighted by molar-refractivity contribution is 5.60. The molecule has 0 spiro atoms. The van der Waals surface area contributed by atoms with Crippen molar-refractivity contribution in [1.82, 2.24) is 24.6 Å². The van der Waals surface area contributed by atoms with E-state index in [0.717, 1.165) is 31.6 Å². The van der Waals surface area contributed by atoms with Crippen LogP contribution in [0, 0.1) is 5.82 Å². The van der Waals surface area contributed by atoms with Gasteiger partial charge in [0.2, 0.25) is 11.8 Å². The van der Waals surface area contributed by atoms with Crippen LogP contribution in [0.2, 0.25) is 0 Å². The standard InChI is InChI=1S/C20H27F3N8/c1-28-7-9-30(10-8-28)17-16(21)18(31-6-5-20(22,23)12-31)26-19(25-17)24-15-11-14(13-3-4-13)29(2)27-15/h11,13H,3-10,12H2,1-2H3,(H,24,25,26,27). The SMILES string of the molecule is CN1CCN(c2nc(Nc3cc(C4CC4)n(C)n3)nc(N3CCC(F)(F)C3)c2F)CC1. The van der Waals surface area contributed by atoms with Gasteiger partial charge in [-0.15, -0.1) is 0 Å².